The Morgan fingerprint density at radius 3 is 2.54 bits per heavy atom. The molecule has 7 nitrogen and oxygen atoms in total. The van der Waals surface area contributed by atoms with Gasteiger partial charge in [0, 0.05) is 25.4 Å². The summed E-state index contributed by atoms with van der Waals surface area (Å²) in [6.45, 7) is -0.170. The van der Waals surface area contributed by atoms with Crippen LogP contribution in [0.4, 0.5) is 14.5 Å². The van der Waals surface area contributed by atoms with Crippen molar-refractivity contribution in [2.45, 2.75) is 4.90 Å². The zero-order valence-electron chi connectivity index (χ0n) is 14.7. The van der Waals surface area contributed by atoms with E-state index in [1.54, 1.807) is 0 Å². The molecule has 0 atom stereocenters. The van der Waals surface area contributed by atoms with Crippen molar-refractivity contribution in [1.82, 2.24) is 4.72 Å². The van der Waals surface area contributed by atoms with E-state index in [0.29, 0.717) is 0 Å². The lowest BCUT2D eigenvalue weighted by atomic mass is 10.3. The standard InChI is InChI=1S/C17H17ClF2N2O5S/c1-26-7-6-21-28(24,25)12-3-5-16(13(18)9-12)27-10-17(23)22-11-2-4-14(19)15(20)8-11/h2-5,8-9,21H,6-7,10H2,1H3,(H,22,23). The van der Waals surface area contributed by atoms with Crippen molar-refractivity contribution < 1.29 is 31.5 Å². The minimum atomic E-state index is -3.77. The molecule has 0 radical (unpaired) electrons. The van der Waals surface area contributed by atoms with Crippen molar-refractivity contribution in [2.24, 2.45) is 0 Å². The molecule has 0 aromatic heterocycles. The van der Waals surface area contributed by atoms with Crippen molar-refractivity contribution in [3.63, 3.8) is 0 Å². The molecule has 2 aromatic carbocycles. The number of sulfonamides is 1. The van der Waals surface area contributed by atoms with Gasteiger partial charge < -0.3 is 14.8 Å². The van der Waals surface area contributed by atoms with Gasteiger partial charge in [0.05, 0.1) is 16.5 Å². The Hall–Kier alpha value is -2.27. The van der Waals surface area contributed by atoms with Crippen molar-refractivity contribution in [3.05, 3.63) is 53.1 Å². The first kappa shape index (κ1) is 22.0. The van der Waals surface area contributed by atoms with Gasteiger partial charge in [-0.3, -0.25) is 4.79 Å². The van der Waals surface area contributed by atoms with Gasteiger partial charge in [0.2, 0.25) is 10.0 Å². The molecule has 0 fully saturated rings. The van der Waals surface area contributed by atoms with Crippen LogP contribution in [-0.4, -0.2) is 41.2 Å². The van der Waals surface area contributed by atoms with Crippen molar-refractivity contribution in [2.75, 3.05) is 32.2 Å². The Morgan fingerprint density at radius 2 is 1.89 bits per heavy atom. The topological polar surface area (TPSA) is 93.7 Å². The van der Waals surface area contributed by atoms with E-state index >= 15 is 0 Å². The molecule has 0 saturated heterocycles. The Morgan fingerprint density at radius 1 is 1.14 bits per heavy atom. The highest BCUT2D eigenvalue weighted by atomic mass is 35.5. The molecule has 1 amide bonds. The minimum absolute atomic E-state index is 0.0183. The van der Waals surface area contributed by atoms with Crippen LogP contribution in [0.1, 0.15) is 0 Å². The SMILES string of the molecule is COCCNS(=O)(=O)c1ccc(OCC(=O)Nc2ccc(F)c(F)c2)c(Cl)c1. The maximum absolute atomic E-state index is 13.1. The largest absolute Gasteiger partial charge is 0.482 e. The summed E-state index contributed by atoms with van der Waals surface area (Å²) in [5, 5.41) is 2.31. The minimum Gasteiger partial charge on any atom is -0.482 e. The van der Waals surface area contributed by atoms with Crippen LogP contribution in [0, 0.1) is 11.6 Å². The molecule has 0 aliphatic heterocycles. The molecule has 0 saturated carbocycles. The van der Waals surface area contributed by atoms with Crippen LogP contribution in [0.3, 0.4) is 0 Å². The van der Waals surface area contributed by atoms with Gasteiger partial charge in [-0.2, -0.15) is 0 Å². The molecule has 0 spiro atoms. The number of anilines is 1. The highest BCUT2D eigenvalue weighted by Crippen LogP contribution is 2.27. The van der Waals surface area contributed by atoms with E-state index in [0.717, 1.165) is 12.1 Å². The van der Waals surface area contributed by atoms with Crippen LogP contribution in [0.15, 0.2) is 41.3 Å². The van der Waals surface area contributed by atoms with Crippen LogP contribution in [0.25, 0.3) is 0 Å². The molecule has 0 bridgehead atoms. The van der Waals surface area contributed by atoms with Crippen molar-refractivity contribution in [3.8, 4) is 5.75 Å². The second-order valence-electron chi connectivity index (χ2n) is 5.45. The smallest absolute Gasteiger partial charge is 0.262 e. The summed E-state index contributed by atoms with van der Waals surface area (Å²) < 4.78 is 62.6. The fourth-order valence-electron chi connectivity index (χ4n) is 2.04. The summed E-state index contributed by atoms with van der Waals surface area (Å²) in [6.07, 6.45) is 0. The quantitative estimate of drug-likeness (QED) is 0.592. The summed E-state index contributed by atoms with van der Waals surface area (Å²) in [7, 11) is -2.32. The number of nitrogens with one attached hydrogen (secondary N) is 2. The summed E-state index contributed by atoms with van der Waals surface area (Å²) in [5.41, 5.74) is 0.0576. The third-order valence-electron chi connectivity index (χ3n) is 3.37. The fourth-order valence-corrected chi connectivity index (χ4v) is 3.38. The van der Waals surface area contributed by atoms with E-state index < -0.39 is 34.2 Å². The summed E-state index contributed by atoms with van der Waals surface area (Å²) >= 11 is 6.01. The first-order valence-electron chi connectivity index (χ1n) is 7.89. The second-order valence-corrected chi connectivity index (χ2v) is 7.62. The normalized spacial score (nSPS) is 11.3. The van der Waals surface area contributed by atoms with E-state index in [9.17, 15) is 22.0 Å². The Balaban J connectivity index is 1.97. The zero-order chi connectivity index (χ0) is 20.7. The molecule has 0 aliphatic carbocycles. The van der Waals surface area contributed by atoms with E-state index in [2.05, 4.69) is 10.0 Å². The molecule has 0 unspecified atom stereocenters. The maximum atomic E-state index is 13.1. The predicted octanol–water partition coefficient (Wildman–Crippen LogP) is 2.56. The number of hydrogen-bond acceptors (Lipinski definition) is 5. The Bertz CT molecular complexity index is 957. The Labute approximate surface area is 165 Å². The number of methoxy groups -OCH3 is 1. The number of benzene rings is 2. The molecule has 2 rings (SSSR count). The molecule has 2 aromatic rings. The second kappa shape index (κ2) is 9.78. The molecule has 0 heterocycles. The molecule has 28 heavy (non-hydrogen) atoms. The molecule has 152 valence electrons. The maximum Gasteiger partial charge on any atom is 0.262 e. The zero-order valence-corrected chi connectivity index (χ0v) is 16.2. The van der Waals surface area contributed by atoms with E-state index in [1.165, 1.54) is 31.4 Å². The number of hydrogen-bond donors (Lipinski definition) is 2. The van der Waals surface area contributed by atoms with Gasteiger partial charge in [-0.1, -0.05) is 11.6 Å². The van der Waals surface area contributed by atoms with Gasteiger partial charge in [-0.05, 0) is 30.3 Å². The summed E-state index contributed by atoms with van der Waals surface area (Å²) in [6, 6.07) is 6.65. The van der Waals surface area contributed by atoms with Gasteiger partial charge in [-0.15, -0.1) is 0 Å². The molecule has 2 N–H and O–H groups in total. The monoisotopic (exact) mass is 434 g/mol. The fraction of sp³-hybridized carbons (Fsp3) is 0.235. The third kappa shape index (κ3) is 6.13. The van der Waals surface area contributed by atoms with Crippen LogP contribution < -0.4 is 14.8 Å². The van der Waals surface area contributed by atoms with Crippen LogP contribution in [0.2, 0.25) is 5.02 Å². The number of carbonyl (C=O) groups excluding carboxylic acids is 1. The highest BCUT2D eigenvalue weighted by Gasteiger charge is 2.16. The first-order valence-corrected chi connectivity index (χ1v) is 9.75. The lowest BCUT2D eigenvalue weighted by molar-refractivity contribution is -0.118. The van der Waals surface area contributed by atoms with Crippen molar-refractivity contribution in [1.29, 1.82) is 0 Å². The highest BCUT2D eigenvalue weighted by molar-refractivity contribution is 7.89. The lowest BCUT2D eigenvalue weighted by Gasteiger charge is -2.11. The van der Waals surface area contributed by atoms with Crippen LogP contribution in [-0.2, 0) is 19.6 Å². The predicted molar refractivity (Wildman–Crippen MR) is 99.0 cm³/mol. The van der Waals surface area contributed by atoms with Gasteiger partial charge in [0.25, 0.3) is 5.91 Å². The van der Waals surface area contributed by atoms with Gasteiger partial charge in [0.15, 0.2) is 18.2 Å². The number of amides is 1. The van der Waals surface area contributed by atoms with Gasteiger partial charge in [-0.25, -0.2) is 21.9 Å². The molecule has 0 aliphatic rings. The molecule has 11 heteroatoms. The molecular formula is C17H17ClF2N2O5S. The van der Waals surface area contributed by atoms with Crippen molar-refractivity contribution >= 4 is 33.2 Å². The first-order chi connectivity index (χ1) is 13.2. The Kier molecular flexibility index (Phi) is 7.69. The summed E-state index contributed by atoms with van der Waals surface area (Å²) in [5.74, 6) is -2.69. The average molecular weight is 435 g/mol. The summed E-state index contributed by atoms with van der Waals surface area (Å²) in [4.78, 5) is 11.8. The van der Waals surface area contributed by atoms with E-state index in [-0.39, 0.29) is 34.5 Å². The van der Waals surface area contributed by atoms with Crippen LogP contribution >= 0.6 is 11.6 Å². The number of halogens is 3. The van der Waals surface area contributed by atoms with Gasteiger partial charge >= 0.3 is 0 Å². The number of ether oxygens (including phenoxy) is 2. The van der Waals surface area contributed by atoms with Crippen LogP contribution in [0.5, 0.6) is 5.75 Å². The van der Waals surface area contributed by atoms with E-state index in [4.69, 9.17) is 21.1 Å². The average Bonchev–Trinajstić information content (AvgIpc) is 2.64. The van der Waals surface area contributed by atoms with Gasteiger partial charge in [0.1, 0.15) is 5.75 Å². The third-order valence-corrected chi connectivity index (χ3v) is 5.13. The van der Waals surface area contributed by atoms with E-state index in [1.807, 2.05) is 0 Å². The number of carbonyl (C=O) groups is 1. The lowest BCUT2D eigenvalue weighted by Crippen LogP contribution is -2.27. The number of rotatable bonds is 9. The molecular weight excluding hydrogens is 418 g/mol.